The second-order valence-corrected chi connectivity index (χ2v) is 4.59. The molecular formula is C16H10O. The third kappa shape index (κ3) is 1.11. The minimum Gasteiger partial charge on any atom is -0.294 e. The van der Waals surface area contributed by atoms with E-state index in [0.717, 1.165) is 10.8 Å². The molecule has 1 heteroatoms. The molecule has 2 aromatic rings. The van der Waals surface area contributed by atoms with E-state index in [1.165, 1.54) is 21.6 Å². The summed E-state index contributed by atoms with van der Waals surface area (Å²) in [5, 5.41) is 4.74. The van der Waals surface area contributed by atoms with Gasteiger partial charge in [-0.25, -0.2) is 0 Å². The molecule has 0 aliphatic heterocycles. The van der Waals surface area contributed by atoms with E-state index >= 15 is 0 Å². The highest BCUT2D eigenvalue weighted by Gasteiger charge is 2.14. The van der Waals surface area contributed by atoms with E-state index < -0.39 is 0 Å². The van der Waals surface area contributed by atoms with Crippen molar-refractivity contribution in [2.75, 3.05) is 0 Å². The molecule has 0 saturated carbocycles. The van der Waals surface area contributed by atoms with Gasteiger partial charge in [0.25, 0.3) is 0 Å². The minimum atomic E-state index is 0.241. The van der Waals surface area contributed by atoms with Crippen LogP contribution in [0.3, 0.4) is 0 Å². The topological polar surface area (TPSA) is 17.1 Å². The van der Waals surface area contributed by atoms with Gasteiger partial charge < -0.3 is 0 Å². The zero-order chi connectivity index (χ0) is 11.4. The van der Waals surface area contributed by atoms with Crippen molar-refractivity contribution in [3.05, 3.63) is 51.9 Å². The van der Waals surface area contributed by atoms with Crippen molar-refractivity contribution in [3.63, 3.8) is 0 Å². The lowest BCUT2D eigenvalue weighted by atomic mass is 10.00. The number of Topliss-reactive ketones (excluding diaryl/α,β-unsaturated/α-hetero) is 1. The third-order valence-corrected chi connectivity index (χ3v) is 3.61. The summed E-state index contributed by atoms with van der Waals surface area (Å²) < 4.78 is 0. The van der Waals surface area contributed by atoms with Crippen molar-refractivity contribution >= 4 is 34.8 Å². The molecule has 2 aromatic carbocycles. The van der Waals surface area contributed by atoms with Gasteiger partial charge in [-0.15, -0.1) is 0 Å². The van der Waals surface area contributed by atoms with Crippen molar-refractivity contribution in [1.82, 2.24) is 0 Å². The van der Waals surface area contributed by atoms with Gasteiger partial charge in [-0.05, 0) is 38.9 Å². The van der Waals surface area contributed by atoms with Crippen LogP contribution in [0.1, 0.15) is 22.3 Å². The first kappa shape index (κ1) is 8.94. The van der Waals surface area contributed by atoms with Gasteiger partial charge in [0, 0.05) is 12.0 Å². The molecule has 80 valence electrons. The zero-order valence-electron chi connectivity index (χ0n) is 9.23. The summed E-state index contributed by atoms with van der Waals surface area (Å²) in [6.45, 7) is 0. The number of rotatable bonds is 0. The lowest BCUT2D eigenvalue weighted by Gasteiger charge is -2.03. The summed E-state index contributed by atoms with van der Waals surface area (Å²) in [5.74, 6) is 0.241. The van der Waals surface area contributed by atoms with Crippen molar-refractivity contribution in [2.45, 2.75) is 6.42 Å². The second-order valence-electron chi connectivity index (χ2n) is 4.59. The lowest BCUT2D eigenvalue weighted by molar-refractivity contribution is 0.100. The van der Waals surface area contributed by atoms with Gasteiger partial charge in [-0.2, -0.15) is 0 Å². The fourth-order valence-electron chi connectivity index (χ4n) is 2.73. The Hall–Kier alpha value is -2.15. The maximum Gasteiger partial charge on any atom is 0.167 e. The Kier molecular flexibility index (Phi) is 1.55. The van der Waals surface area contributed by atoms with Gasteiger partial charge in [-0.3, -0.25) is 4.79 Å². The van der Waals surface area contributed by atoms with E-state index in [9.17, 15) is 4.79 Å². The third-order valence-electron chi connectivity index (χ3n) is 3.61. The Bertz CT molecular complexity index is 823. The molecule has 0 heterocycles. The standard InChI is InChI=1S/C16H10O/c17-16-7-6-12-8-11-5-4-10-2-1-3-13(10)14(11)9-15(12)16/h1-6,8-9H,7H2. The van der Waals surface area contributed by atoms with Gasteiger partial charge >= 0.3 is 0 Å². The van der Waals surface area contributed by atoms with Crippen LogP contribution in [-0.4, -0.2) is 5.78 Å². The van der Waals surface area contributed by atoms with Gasteiger partial charge in [0.2, 0.25) is 0 Å². The monoisotopic (exact) mass is 218 g/mol. The molecule has 0 fully saturated rings. The maximum absolute atomic E-state index is 11.8. The summed E-state index contributed by atoms with van der Waals surface area (Å²) in [5.41, 5.74) is 2.12. The van der Waals surface area contributed by atoms with E-state index in [1.807, 2.05) is 6.08 Å². The number of benzene rings is 2. The minimum absolute atomic E-state index is 0.241. The normalized spacial score (nSPS) is 15.6. The number of fused-ring (bicyclic) bond motifs is 4. The summed E-state index contributed by atoms with van der Waals surface area (Å²) in [6, 6.07) is 8.45. The predicted molar refractivity (Wildman–Crippen MR) is 70.1 cm³/mol. The van der Waals surface area contributed by atoms with Gasteiger partial charge in [-0.1, -0.05) is 36.4 Å². The summed E-state index contributed by atoms with van der Waals surface area (Å²) in [4.78, 5) is 11.8. The van der Waals surface area contributed by atoms with Gasteiger partial charge in [0.05, 0.1) is 0 Å². The molecule has 0 bridgehead atoms. The van der Waals surface area contributed by atoms with Crippen LogP contribution in [0.5, 0.6) is 0 Å². The van der Waals surface area contributed by atoms with Crippen LogP contribution in [0.15, 0.2) is 30.3 Å². The molecular weight excluding hydrogens is 208 g/mol. The molecule has 0 radical (unpaired) electrons. The quantitative estimate of drug-likeness (QED) is 0.661. The average molecular weight is 218 g/mol. The zero-order valence-corrected chi connectivity index (χ0v) is 9.23. The molecule has 0 amide bonds. The highest BCUT2D eigenvalue weighted by Crippen LogP contribution is 2.21. The first-order valence-corrected chi connectivity index (χ1v) is 5.81. The molecule has 17 heavy (non-hydrogen) atoms. The Labute approximate surface area is 98.4 Å². The maximum atomic E-state index is 11.8. The molecule has 0 N–H and O–H groups in total. The van der Waals surface area contributed by atoms with E-state index in [1.54, 1.807) is 0 Å². The SMILES string of the molecule is O=C1CC=c2cc3ccc4c(c3cc21)C=CC=4. The molecule has 0 aromatic heterocycles. The lowest BCUT2D eigenvalue weighted by Crippen LogP contribution is -2.09. The van der Waals surface area contributed by atoms with Crippen LogP contribution < -0.4 is 10.4 Å². The molecule has 1 nitrogen and oxygen atoms in total. The molecule has 0 saturated heterocycles. The molecule has 2 aliphatic rings. The largest absolute Gasteiger partial charge is 0.294 e. The predicted octanol–water partition coefficient (Wildman–Crippen LogP) is 2.01. The number of carbonyl (C=O) groups excluding carboxylic acids is 1. The number of ketones is 1. The van der Waals surface area contributed by atoms with Crippen LogP contribution >= 0.6 is 0 Å². The van der Waals surface area contributed by atoms with Crippen molar-refractivity contribution in [1.29, 1.82) is 0 Å². The Balaban J connectivity index is 2.23. The molecule has 0 spiro atoms. The highest BCUT2D eigenvalue weighted by molar-refractivity contribution is 6.07. The first-order valence-electron chi connectivity index (χ1n) is 5.81. The summed E-state index contributed by atoms with van der Waals surface area (Å²) in [6.07, 6.45) is 8.86. The van der Waals surface area contributed by atoms with Crippen LogP contribution in [0.25, 0.3) is 29.0 Å². The van der Waals surface area contributed by atoms with Gasteiger partial charge in [0.1, 0.15) is 0 Å². The first-order chi connectivity index (χ1) is 8.33. The summed E-state index contributed by atoms with van der Waals surface area (Å²) in [7, 11) is 0. The smallest absolute Gasteiger partial charge is 0.167 e. The van der Waals surface area contributed by atoms with E-state index in [0.29, 0.717) is 6.42 Å². The highest BCUT2D eigenvalue weighted by atomic mass is 16.1. The number of allylic oxidation sites excluding steroid dienone is 1. The Morgan fingerprint density at radius 3 is 2.94 bits per heavy atom. The summed E-state index contributed by atoms with van der Waals surface area (Å²) >= 11 is 0. The van der Waals surface area contributed by atoms with Crippen molar-refractivity contribution < 1.29 is 4.79 Å². The fraction of sp³-hybridized carbons (Fsp3) is 0.0625. The van der Waals surface area contributed by atoms with E-state index in [-0.39, 0.29) is 5.78 Å². The van der Waals surface area contributed by atoms with Crippen LogP contribution in [0, 0.1) is 0 Å². The van der Waals surface area contributed by atoms with Crippen molar-refractivity contribution in [2.24, 2.45) is 0 Å². The average Bonchev–Trinajstić information content (AvgIpc) is 2.94. The Morgan fingerprint density at radius 1 is 1.06 bits per heavy atom. The van der Waals surface area contributed by atoms with E-state index in [4.69, 9.17) is 0 Å². The number of hydrogen-bond donors (Lipinski definition) is 0. The van der Waals surface area contributed by atoms with Crippen LogP contribution in [0.2, 0.25) is 0 Å². The molecule has 0 unspecified atom stereocenters. The van der Waals surface area contributed by atoms with Crippen LogP contribution in [-0.2, 0) is 0 Å². The molecule has 0 atom stereocenters. The number of hydrogen-bond acceptors (Lipinski definition) is 1. The Morgan fingerprint density at radius 2 is 2.00 bits per heavy atom. The van der Waals surface area contributed by atoms with Crippen molar-refractivity contribution in [3.8, 4) is 0 Å². The molecule has 4 rings (SSSR count). The van der Waals surface area contributed by atoms with Crippen LogP contribution in [0.4, 0.5) is 0 Å². The number of carbonyl (C=O) groups is 1. The molecule has 2 aliphatic carbocycles. The second kappa shape index (κ2) is 2.95. The fourth-order valence-corrected chi connectivity index (χ4v) is 2.73. The van der Waals surface area contributed by atoms with Gasteiger partial charge in [0.15, 0.2) is 5.78 Å². The van der Waals surface area contributed by atoms with E-state index in [2.05, 4.69) is 42.5 Å².